The normalized spacial score (nSPS) is 44.5. The Kier molecular flexibility index (Phi) is 5.11. The molecule has 5 nitrogen and oxygen atoms in total. The van der Waals surface area contributed by atoms with Crippen molar-refractivity contribution in [1.29, 1.82) is 0 Å². The lowest BCUT2D eigenvalue weighted by atomic mass is 9.32. The van der Waals surface area contributed by atoms with E-state index in [0.29, 0.717) is 23.5 Å². The van der Waals surface area contributed by atoms with Gasteiger partial charge in [0.25, 0.3) is 0 Å². The fraction of sp³-hybridized carbons (Fsp3) is 0.733. The third-order valence-corrected chi connectivity index (χ3v) is 12.2. The van der Waals surface area contributed by atoms with Crippen molar-refractivity contribution in [3.8, 4) is 11.5 Å². The third-order valence-electron chi connectivity index (χ3n) is 12.2. The second-order valence-corrected chi connectivity index (χ2v) is 13.7. The highest BCUT2D eigenvalue weighted by Crippen LogP contribution is 2.75. The van der Waals surface area contributed by atoms with Gasteiger partial charge in [-0.15, -0.1) is 0 Å². The summed E-state index contributed by atoms with van der Waals surface area (Å²) in [6.45, 7) is 13.4. The SMILES string of the molecule is COC(=O)[C@]1(C)CC[C@]2(C)CC[C@]3(C)[C@@H]4CC(=O)c5c(cc(O)c(O)c5C)[C@]4(C)CC[C@@]3(C)[C@@H]2C1. The molecule has 192 valence electrons. The molecule has 0 radical (unpaired) electrons. The van der Waals surface area contributed by atoms with Crippen LogP contribution in [-0.2, 0) is 14.9 Å². The second-order valence-electron chi connectivity index (χ2n) is 13.7. The molecule has 4 aliphatic carbocycles. The highest BCUT2D eigenvalue weighted by molar-refractivity contribution is 6.02. The van der Waals surface area contributed by atoms with Crippen LogP contribution in [0.1, 0.15) is 107 Å². The predicted octanol–water partition coefficient (Wildman–Crippen LogP) is 6.45. The average Bonchev–Trinajstić information content (AvgIpc) is 2.81. The number of aromatic hydroxyl groups is 2. The molecule has 3 saturated carbocycles. The van der Waals surface area contributed by atoms with E-state index in [1.807, 2.05) is 0 Å². The number of Topliss-reactive ketones (excluding diaryl/α,β-unsaturated/α-hetero) is 1. The van der Waals surface area contributed by atoms with E-state index in [2.05, 4.69) is 34.6 Å². The number of hydrogen-bond donors (Lipinski definition) is 2. The highest BCUT2D eigenvalue weighted by Gasteiger charge is 2.69. The van der Waals surface area contributed by atoms with E-state index < -0.39 is 5.41 Å². The maximum atomic E-state index is 13.6. The zero-order valence-corrected chi connectivity index (χ0v) is 22.5. The molecule has 0 unspecified atom stereocenters. The monoisotopic (exact) mass is 482 g/mol. The first-order valence-corrected chi connectivity index (χ1v) is 13.3. The van der Waals surface area contributed by atoms with Crippen molar-refractivity contribution >= 4 is 11.8 Å². The summed E-state index contributed by atoms with van der Waals surface area (Å²) < 4.78 is 5.26. The van der Waals surface area contributed by atoms with Gasteiger partial charge in [0, 0.05) is 17.5 Å². The number of carbonyl (C=O) groups is 2. The summed E-state index contributed by atoms with van der Waals surface area (Å²) in [5.74, 6) is 0.201. The molecule has 3 fully saturated rings. The summed E-state index contributed by atoms with van der Waals surface area (Å²) in [6.07, 6.45) is 7.32. The minimum Gasteiger partial charge on any atom is -0.504 e. The Morgan fingerprint density at radius 2 is 1.54 bits per heavy atom. The van der Waals surface area contributed by atoms with E-state index in [1.165, 1.54) is 7.11 Å². The second kappa shape index (κ2) is 7.26. The van der Waals surface area contributed by atoms with Crippen LogP contribution in [0.2, 0.25) is 0 Å². The van der Waals surface area contributed by atoms with Crippen LogP contribution >= 0.6 is 0 Å². The summed E-state index contributed by atoms with van der Waals surface area (Å²) in [7, 11) is 1.50. The van der Waals surface area contributed by atoms with Crippen LogP contribution in [0.25, 0.3) is 0 Å². The molecule has 0 spiro atoms. The number of fused-ring (bicyclic) bond motifs is 7. The van der Waals surface area contributed by atoms with Gasteiger partial charge in [0.1, 0.15) is 0 Å². The van der Waals surface area contributed by atoms with Crippen molar-refractivity contribution in [2.75, 3.05) is 7.11 Å². The number of esters is 1. The summed E-state index contributed by atoms with van der Waals surface area (Å²) in [6, 6.07) is 1.66. The van der Waals surface area contributed by atoms with Crippen molar-refractivity contribution in [3.05, 3.63) is 22.8 Å². The van der Waals surface area contributed by atoms with E-state index in [9.17, 15) is 19.8 Å². The Hall–Kier alpha value is -2.04. The molecular formula is C30H42O5. The molecule has 0 saturated heterocycles. The van der Waals surface area contributed by atoms with Crippen molar-refractivity contribution < 1.29 is 24.5 Å². The molecule has 1 aromatic rings. The minimum atomic E-state index is -0.462. The average molecular weight is 483 g/mol. The molecule has 0 heterocycles. The van der Waals surface area contributed by atoms with Crippen LogP contribution in [0, 0.1) is 40.4 Å². The standard InChI is InChI=1S/C30H42O5/c1-17-23-18(14-20(32)24(17)33)28(4)11-13-30(6)22-16-27(3,25(34)35-7)9-8-26(22,2)10-12-29(30,5)21(28)15-19(23)31/h14,21-22,32-33H,8-13,15-16H2,1-7H3/t21-,22-,26-,27-,28+,29-,30+/m1/s1. The number of methoxy groups -OCH3 is 1. The molecule has 5 rings (SSSR count). The number of rotatable bonds is 1. The van der Waals surface area contributed by atoms with Gasteiger partial charge >= 0.3 is 5.97 Å². The Morgan fingerprint density at radius 1 is 0.943 bits per heavy atom. The molecule has 0 aromatic heterocycles. The molecule has 5 heteroatoms. The molecule has 0 aliphatic heterocycles. The van der Waals surface area contributed by atoms with Gasteiger partial charge in [0.2, 0.25) is 0 Å². The number of phenols is 2. The maximum absolute atomic E-state index is 13.6. The first-order valence-electron chi connectivity index (χ1n) is 13.3. The van der Waals surface area contributed by atoms with E-state index >= 15 is 0 Å². The van der Waals surface area contributed by atoms with Crippen molar-refractivity contribution in [1.82, 2.24) is 0 Å². The van der Waals surface area contributed by atoms with Gasteiger partial charge in [0.15, 0.2) is 17.3 Å². The van der Waals surface area contributed by atoms with E-state index in [0.717, 1.165) is 50.5 Å². The largest absolute Gasteiger partial charge is 0.504 e. The first-order chi connectivity index (χ1) is 16.2. The molecule has 7 atom stereocenters. The Balaban J connectivity index is 1.63. The Morgan fingerprint density at radius 3 is 2.20 bits per heavy atom. The van der Waals surface area contributed by atoms with Crippen molar-refractivity contribution in [2.24, 2.45) is 33.5 Å². The van der Waals surface area contributed by atoms with Gasteiger partial charge in [-0.05, 0) is 104 Å². The Bertz CT molecular complexity index is 1120. The van der Waals surface area contributed by atoms with Gasteiger partial charge in [0.05, 0.1) is 12.5 Å². The van der Waals surface area contributed by atoms with Gasteiger partial charge in [-0.1, -0.05) is 27.7 Å². The van der Waals surface area contributed by atoms with Crippen molar-refractivity contribution in [2.45, 2.75) is 98.3 Å². The number of hydrogen-bond acceptors (Lipinski definition) is 5. The van der Waals surface area contributed by atoms with Gasteiger partial charge in [-0.3, -0.25) is 9.59 Å². The molecular weight excluding hydrogens is 440 g/mol. The molecule has 35 heavy (non-hydrogen) atoms. The maximum Gasteiger partial charge on any atom is 0.311 e. The zero-order valence-electron chi connectivity index (χ0n) is 22.5. The highest BCUT2D eigenvalue weighted by atomic mass is 16.5. The quantitative estimate of drug-likeness (QED) is 0.355. The smallest absolute Gasteiger partial charge is 0.311 e. The lowest BCUT2D eigenvalue weighted by Gasteiger charge is -2.71. The van der Waals surface area contributed by atoms with Crippen LogP contribution < -0.4 is 0 Å². The summed E-state index contributed by atoms with van der Waals surface area (Å²) in [5.41, 5.74) is 1.42. The molecule has 0 bridgehead atoms. The van der Waals surface area contributed by atoms with Gasteiger partial charge in [-0.25, -0.2) is 0 Å². The third kappa shape index (κ3) is 2.93. The molecule has 0 amide bonds. The van der Waals surface area contributed by atoms with E-state index in [4.69, 9.17) is 4.74 Å². The van der Waals surface area contributed by atoms with Gasteiger partial charge < -0.3 is 14.9 Å². The van der Waals surface area contributed by atoms with Crippen LogP contribution in [0.5, 0.6) is 11.5 Å². The minimum absolute atomic E-state index is 0.00826. The Labute approximate surface area is 209 Å². The molecule has 1 aromatic carbocycles. The summed E-state index contributed by atoms with van der Waals surface area (Å²) in [4.78, 5) is 26.5. The fourth-order valence-electron chi connectivity index (χ4n) is 9.58. The van der Waals surface area contributed by atoms with Crippen LogP contribution in [0.3, 0.4) is 0 Å². The lowest BCUT2D eigenvalue weighted by Crippen LogP contribution is -2.66. The number of ether oxygens (including phenoxy) is 1. The number of phenolic OH excluding ortho intramolecular Hbond substituents is 2. The van der Waals surface area contributed by atoms with E-state index in [-0.39, 0.29) is 50.8 Å². The number of ketones is 1. The summed E-state index contributed by atoms with van der Waals surface area (Å²) >= 11 is 0. The topological polar surface area (TPSA) is 83.8 Å². The zero-order chi connectivity index (χ0) is 25.8. The molecule has 4 aliphatic rings. The van der Waals surface area contributed by atoms with Crippen molar-refractivity contribution in [3.63, 3.8) is 0 Å². The predicted molar refractivity (Wildman–Crippen MR) is 135 cm³/mol. The van der Waals surface area contributed by atoms with Crippen LogP contribution in [0.15, 0.2) is 6.07 Å². The van der Waals surface area contributed by atoms with Crippen LogP contribution in [0.4, 0.5) is 0 Å². The fourth-order valence-corrected chi connectivity index (χ4v) is 9.58. The lowest BCUT2D eigenvalue weighted by molar-refractivity contribution is -0.212. The van der Waals surface area contributed by atoms with Crippen LogP contribution in [-0.4, -0.2) is 29.1 Å². The van der Waals surface area contributed by atoms with E-state index in [1.54, 1.807) is 13.0 Å². The number of carbonyl (C=O) groups excluding carboxylic acids is 2. The summed E-state index contributed by atoms with van der Waals surface area (Å²) in [5, 5.41) is 20.9. The first kappa shape index (κ1) is 24.6. The number of benzene rings is 1. The van der Waals surface area contributed by atoms with Gasteiger partial charge in [-0.2, -0.15) is 0 Å². The molecule has 2 N–H and O–H groups in total.